The molecule has 2 amide bonds. The van der Waals surface area contributed by atoms with E-state index in [1.54, 1.807) is 0 Å². The summed E-state index contributed by atoms with van der Waals surface area (Å²) in [5, 5.41) is 3.08. The number of rotatable bonds is 6. The zero-order chi connectivity index (χ0) is 16.7. The molecule has 0 aromatic carbocycles. The van der Waals surface area contributed by atoms with Gasteiger partial charge < -0.3 is 19.9 Å². The molecular weight excluding hydrogens is 290 g/mol. The summed E-state index contributed by atoms with van der Waals surface area (Å²) >= 11 is 0. The molecule has 0 aromatic heterocycles. The van der Waals surface area contributed by atoms with Crippen LogP contribution in [0, 0.1) is 11.8 Å². The van der Waals surface area contributed by atoms with Crippen LogP contribution in [0.2, 0.25) is 0 Å². The Bertz CT molecular complexity index is 352. The van der Waals surface area contributed by atoms with Crippen molar-refractivity contribution in [3.05, 3.63) is 0 Å². The van der Waals surface area contributed by atoms with Crippen molar-refractivity contribution in [2.24, 2.45) is 11.8 Å². The van der Waals surface area contributed by atoms with Crippen LogP contribution in [0.3, 0.4) is 0 Å². The minimum absolute atomic E-state index is 0.0785. The second-order valence-electron chi connectivity index (χ2n) is 7.46. The lowest BCUT2D eigenvalue weighted by atomic mass is 9.92. The van der Waals surface area contributed by atoms with Gasteiger partial charge in [-0.3, -0.25) is 0 Å². The number of nitrogens with one attached hydrogen (secondary N) is 1. The molecule has 1 N–H and O–H groups in total. The third-order valence-electron chi connectivity index (χ3n) is 4.94. The third kappa shape index (κ3) is 6.30. The molecule has 0 saturated carbocycles. The molecule has 0 bridgehead atoms. The van der Waals surface area contributed by atoms with Gasteiger partial charge in [-0.1, -0.05) is 13.8 Å². The molecule has 2 fully saturated rings. The number of ether oxygens (including phenoxy) is 1. The van der Waals surface area contributed by atoms with Gasteiger partial charge in [-0.15, -0.1) is 0 Å². The molecule has 2 aliphatic rings. The van der Waals surface area contributed by atoms with Crippen LogP contribution in [0.25, 0.3) is 0 Å². The van der Waals surface area contributed by atoms with E-state index in [2.05, 4.69) is 24.1 Å². The molecule has 23 heavy (non-hydrogen) atoms. The summed E-state index contributed by atoms with van der Waals surface area (Å²) in [6.45, 7) is 13.3. The van der Waals surface area contributed by atoms with Crippen molar-refractivity contribution in [2.45, 2.75) is 52.6 Å². The van der Waals surface area contributed by atoms with Crippen LogP contribution in [0.15, 0.2) is 0 Å². The summed E-state index contributed by atoms with van der Waals surface area (Å²) in [5.41, 5.74) is 0. The largest absolute Gasteiger partial charge is 0.377 e. The number of likely N-dealkylation sites (tertiary alicyclic amines) is 2. The molecule has 0 radical (unpaired) electrons. The highest BCUT2D eigenvalue weighted by Gasteiger charge is 2.24. The Labute approximate surface area is 141 Å². The highest BCUT2D eigenvalue weighted by atomic mass is 16.5. The van der Waals surface area contributed by atoms with Gasteiger partial charge in [0, 0.05) is 39.3 Å². The van der Waals surface area contributed by atoms with Gasteiger partial charge in [0.2, 0.25) is 0 Å². The molecule has 3 atom stereocenters. The van der Waals surface area contributed by atoms with Crippen LogP contribution in [0.5, 0.6) is 0 Å². The predicted molar refractivity (Wildman–Crippen MR) is 93.6 cm³/mol. The third-order valence-corrected chi connectivity index (χ3v) is 4.94. The van der Waals surface area contributed by atoms with Crippen LogP contribution in [-0.2, 0) is 4.74 Å². The fraction of sp³-hybridized carbons (Fsp3) is 0.944. The van der Waals surface area contributed by atoms with Gasteiger partial charge >= 0.3 is 6.03 Å². The van der Waals surface area contributed by atoms with Crippen molar-refractivity contribution in [2.75, 3.05) is 45.9 Å². The van der Waals surface area contributed by atoms with E-state index < -0.39 is 0 Å². The van der Waals surface area contributed by atoms with Gasteiger partial charge in [-0.2, -0.15) is 0 Å². The Hall–Kier alpha value is -0.810. The molecule has 0 spiro atoms. The summed E-state index contributed by atoms with van der Waals surface area (Å²) in [6.07, 6.45) is 4.72. The molecule has 0 aliphatic carbocycles. The van der Waals surface area contributed by atoms with Crippen molar-refractivity contribution < 1.29 is 9.53 Å². The minimum Gasteiger partial charge on any atom is -0.377 e. The Balaban J connectivity index is 1.61. The van der Waals surface area contributed by atoms with Crippen LogP contribution in [0.1, 0.15) is 46.5 Å². The number of nitrogens with zero attached hydrogens (tertiary/aromatic N) is 2. The van der Waals surface area contributed by atoms with Crippen LogP contribution in [0.4, 0.5) is 4.79 Å². The van der Waals surface area contributed by atoms with E-state index in [-0.39, 0.29) is 12.1 Å². The topological polar surface area (TPSA) is 44.8 Å². The maximum absolute atomic E-state index is 12.2. The number of hydrogen-bond acceptors (Lipinski definition) is 3. The number of carbonyl (C=O) groups excluding carboxylic acids is 1. The number of amides is 2. The van der Waals surface area contributed by atoms with Crippen molar-refractivity contribution in [3.8, 4) is 0 Å². The number of urea groups is 1. The van der Waals surface area contributed by atoms with Gasteiger partial charge in [-0.05, 0) is 51.0 Å². The molecule has 0 aromatic rings. The number of hydrogen-bond donors (Lipinski definition) is 1. The summed E-state index contributed by atoms with van der Waals surface area (Å²) in [6, 6.07) is 0.0785. The zero-order valence-electron chi connectivity index (χ0n) is 15.2. The monoisotopic (exact) mass is 325 g/mol. The fourth-order valence-corrected chi connectivity index (χ4v) is 4.08. The zero-order valence-corrected chi connectivity index (χ0v) is 15.2. The maximum atomic E-state index is 12.2. The molecule has 2 rings (SSSR count). The normalized spacial score (nSPS) is 29.5. The molecule has 2 saturated heterocycles. The highest BCUT2D eigenvalue weighted by Crippen LogP contribution is 2.20. The standard InChI is InChI=1S/C18H35N3O2/c1-4-23-17-7-5-10-21(14-17)18(22)19-8-6-9-20-12-15(2)11-16(3)13-20/h15-17H,4-14H2,1-3H3,(H,19,22). The van der Waals surface area contributed by atoms with Gasteiger partial charge in [0.25, 0.3) is 0 Å². The number of carbonyl (C=O) groups is 1. The van der Waals surface area contributed by atoms with Gasteiger partial charge in [0.15, 0.2) is 0 Å². The lowest BCUT2D eigenvalue weighted by molar-refractivity contribution is 0.0164. The summed E-state index contributed by atoms with van der Waals surface area (Å²) in [7, 11) is 0. The first kappa shape index (κ1) is 18.5. The minimum atomic E-state index is 0.0785. The molecule has 5 heteroatoms. The summed E-state index contributed by atoms with van der Waals surface area (Å²) in [4.78, 5) is 16.7. The van der Waals surface area contributed by atoms with Crippen molar-refractivity contribution in [3.63, 3.8) is 0 Å². The average molecular weight is 325 g/mol. The Morgan fingerprint density at radius 1 is 1.22 bits per heavy atom. The first-order valence-electron chi connectivity index (χ1n) is 9.45. The Morgan fingerprint density at radius 2 is 1.96 bits per heavy atom. The Kier molecular flexibility index (Phi) is 7.63. The lowest BCUT2D eigenvalue weighted by Gasteiger charge is -2.35. The molecule has 2 heterocycles. The first-order valence-corrected chi connectivity index (χ1v) is 9.45. The van der Waals surface area contributed by atoms with Gasteiger partial charge in [0.05, 0.1) is 6.10 Å². The smallest absolute Gasteiger partial charge is 0.317 e. The van der Waals surface area contributed by atoms with E-state index in [1.165, 1.54) is 19.5 Å². The quantitative estimate of drug-likeness (QED) is 0.764. The summed E-state index contributed by atoms with van der Waals surface area (Å²) in [5.74, 6) is 1.61. The second kappa shape index (κ2) is 9.48. The lowest BCUT2D eigenvalue weighted by Crippen LogP contribution is -2.48. The van der Waals surface area contributed by atoms with Crippen LogP contribution in [-0.4, -0.2) is 67.8 Å². The van der Waals surface area contributed by atoms with E-state index in [0.717, 1.165) is 63.9 Å². The van der Waals surface area contributed by atoms with E-state index >= 15 is 0 Å². The van der Waals surface area contributed by atoms with E-state index in [4.69, 9.17) is 4.74 Å². The van der Waals surface area contributed by atoms with E-state index in [0.29, 0.717) is 0 Å². The van der Waals surface area contributed by atoms with E-state index in [9.17, 15) is 4.79 Å². The maximum Gasteiger partial charge on any atom is 0.317 e. The van der Waals surface area contributed by atoms with Crippen LogP contribution < -0.4 is 5.32 Å². The highest BCUT2D eigenvalue weighted by molar-refractivity contribution is 5.74. The summed E-state index contributed by atoms with van der Waals surface area (Å²) < 4.78 is 5.66. The van der Waals surface area contributed by atoms with Crippen molar-refractivity contribution in [1.29, 1.82) is 0 Å². The number of piperidine rings is 2. The van der Waals surface area contributed by atoms with Crippen molar-refractivity contribution >= 4 is 6.03 Å². The molecule has 5 nitrogen and oxygen atoms in total. The Morgan fingerprint density at radius 3 is 2.65 bits per heavy atom. The predicted octanol–water partition coefficient (Wildman–Crippen LogP) is 2.56. The van der Waals surface area contributed by atoms with Crippen LogP contribution >= 0.6 is 0 Å². The second-order valence-corrected chi connectivity index (χ2v) is 7.46. The first-order chi connectivity index (χ1) is 11.1. The molecule has 2 aliphatic heterocycles. The average Bonchev–Trinajstić information content (AvgIpc) is 2.51. The molecule has 3 unspecified atom stereocenters. The fourth-order valence-electron chi connectivity index (χ4n) is 4.08. The van der Waals surface area contributed by atoms with Crippen molar-refractivity contribution in [1.82, 2.24) is 15.1 Å². The van der Waals surface area contributed by atoms with Gasteiger partial charge in [-0.25, -0.2) is 4.79 Å². The molecule has 134 valence electrons. The van der Waals surface area contributed by atoms with E-state index in [1.807, 2.05) is 11.8 Å². The SMILES string of the molecule is CCOC1CCCN(C(=O)NCCCN2CC(C)CC(C)C2)C1. The molecular formula is C18H35N3O2. The van der Waals surface area contributed by atoms with Gasteiger partial charge in [0.1, 0.15) is 0 Å².